The highest BCUT2D eigenvalue weighted by Gasteiger charge is 2.27. The highest BCUT2D eigenvalue weighted by Crippen LogP contribution is 2.25. The fourth-order valence-corrected chi connectivity index (χ4v) is 2.58. The van der Waals surface area contributed by atoms with Crippen LogP contribution in [0.1, 0.15) is 48.0 Å². The maximum atomic E-state index is 13.1. The van der Waals surface area contributed by atoms with E-state index in [4.69, 9.17) is 5.73 Å². The number of nitrogens with two attached hydrogens (primary N) is 1. The molecule has 0 spiro atoms. The van der Waals surface area contributed by atoms with Gasteiger partial charge in [-0.3, -0.25) is 4.79 Å². The third kappa shape index (κ3) is 4.18. The van der Waals surface area contributed by atoms with Crippen LogP contribution >= 0.6 is 12.4 Å². The van der Waals surface area contributed by atoms with Crippen LogP contribution < -0.4 is 11.1 Å². The first-order valence-electron chi connectivity index (χ1n) is 6.83. The third-order valence-corrected chi connectivity index (χ3v) is 3.87. The van der Waals surface area contributed by atoms with E-state index < -0.39 is 0 Å². The van der Waals surface area contributed by atoms with Crippen molar-refractivity contribution in [2.45, 2.75) is 44.6 Å². The molecule has 112 valence electrons. The average molecular weight is 301 g/mol. The molecule has 0 aromatic heterocycles. The molecular formula is C15H22ClFN2O. The molecule has 1 aromatic carbocycles. The molecule has 0 bridgehead atoms. The Kier molecular flexibility index (Phi) is 5.96. The van der Waals surface area contributed by atoms with Crippen LogP contribution in [0.5, 0.6) is 0 Å². The number of hydrogen-bond acceptors (Lipinski definition) is 2. The van der Waals surface area contributed by atoms with Gasteiger partial charge in [-0.15, -0.1) is 12.4 Å². The Labute approximate surface area is 125 Å². The van der Waals surface area contributed by atoms with Crippen LogP contribution in [0, 0.1) is 12.7 Å². The smallest absolute Gasteiger partial charge is 0.251 e. The van der Waals surface area contributed by atoms with Crippen molar-refractivity contribution in [2.24, 2.45) is 5.73 Å². The molecule has 3 nitrogen and oxygen atoms in total. The zero-order valence-corrected chi connectivity index (χ0v) is 12.6. The van der Waals surface area contributed by atoms with Gasteiger partial charge in [-0.2, -0.15) is 0 Å². The van der Waals surface area contributed by atoms with Crippen LogP contribution in [0.2, 0.25) is 0 Å². The summed E-state index contributed by atoms with van der Waals surface area (Å²) in [6.45, 7) is 2.14. The van der Waals surface area contributed by atoms with Crippen molar-refractivity contribution < 1.29 is 9.18 Å². The second-order valence-corrected chi connectivity index (χ2v) is 5.57. The average Bonchev–Trinajstić information content (AvgIpc) is 2.40. The van der Waals surface area contributed by atoms with Crippen LogP contribution in [0.15, 0.2) is 18.2 Å². The molecule has 1 aromatic rings. The van der Waals surface area contributed by atoms with E-state index in [-0.39, 0.29) is 29.7 Å². The molecule has 0 atom stereocenters. The molecule has 1 amide bonds. The number of carbonyl (C=O) groups excluding carboxylic acids is 1. The largest absolute Gasteiger partial charge is 0.350 e. The van der Waals surface area contributed by atoms with Crippen LogP contribution in [0.25, 0.3) is 0 Å². The zero-order chi connectivity index (χ0) is 13.9. The molecule has 1 saturated carbocycles. The predicted molar refractivity (Wildman–Crippen MR) is 80.7 cm³/mol. The van der Waals surface area contributed by atoms with Gasteiger partial charge in [-0.05, 0) is 43.5 Å². The summed E-state index contributed by atoms with van der Waals surface area (Å²) in [7, 11) is 0. The molecule has 0 saturated heterocycles. The molecular weight excluding hydrogens is 279 g/mol. The summed E-state index contributed by atoms with van der Waals surface area (Å²) in [6.07, 6.45) is 5.39. The molecule has 0 unspecified atom stereocenters. The van der Waals surface area contributed by atoms with Crippen molar-refractivity contribution in [2.75, 3.05) is 6.54 Å². The quantitative estimate of drug-likeness (QED) is 0.902. The van der Waals surface area contributed by atoms with Gasteiger partial charge in [0.2, 0.25) is 0 Å². The molecule has 1 fully saturated rings. The fourth-order valence-electron chi connectivity index (χ4n) is 2.58. The molecule has 0 radical (unpaired) electrons. The lowest BCUT2D eigenvalue weighted by Gasteiger charge is -2.33. The first kappa shape index (κ1) is 16.9. The van der Waals surface area contributed by atoms with Crippen molar-refractivity contribution in [3.8, 4) is 0 Å². The summed E-state index contributed by atoms with van der Waals surface area (Å²) in [6, 6.07) is 4.39. The highest BCUT2D eigenvalue weighted by atomic mass is 35.5. The summed E-state index contributed by atoms with van der Waals surface area (Å²) in [5.41, 5.74) is 6.95. The summed E-state index contributed by atoms with van der Waals surface area (Å²) in [5.74, 6) is -0.474. The van der Waals surface area contributed by atoms with E-state index in [2.05, 4.69) is 5.32 Å². The Morgan fingerprint density at radius 2 is 2.00 bits per heavy atom. The first-order chi connectivity index (χ1) is 9.00. The molecule has 2 rings (SSSR count). The van der Waals surface area contributed by atoms with Gasteiger partial charge in [0.1, 0.15) is 5.82 Å². The van der Waals surface area contributed by atoms with E-state index in [9.17, 15) is 9.18 Å². The SMILES string of the molecule is Cc1cc(C(=O)NCC2(N)CCCCC2)ccc1F.Cl. The summed E-state index contributed by atoms with van der Waals surface area (Å²) < 4.78 is 13.1. The standard InChI is InChI=1S/C15H21FN2O.ClH/c1-11-9-12(5-6-13(11)16)14(19)18-10-15(17)7-3-2-4-8-15;/h5-6,9H,2-4,7-8,10,17H2,1H3,(H,18,19);1H. The second-order valence-electron chi connectivity index (χ2n) is 5.57. The number of aryl methyl sites for hydroxylation is 1. The maximum absolute atomic E-state index is 13.1. The second kappa shape index (κ2) is 7.04. The van der Waals surface area contributed by atoms with Crippen molar-refractivity contribution in [3.63, 3.8) is 0 Å². The number of benzene rings is 1. The fraction of sp³-hybridized carbons (Fsp3) is 0.533. The minimum atomic E-state index is -0.292. The first-order valence-corrected chi connectivity index (χ1v) is 6.83. The van der Waals surface area contributed by atoms with E-state index in [1.807, 2.05) is 0 Å². The molecule has 3 N–H and O–H groups in total. The normalized spacial score (nSPS) is 17.1. The minimum Gasteiger partial charge on any atom is -0.350 e. The van der Waals surface area contributed by atoms with E-state index >= 15 is 0 Å². The summed E-state index contributed by atoms with van der Waals surface area (Å²) >= 11 is 0. The number of hydrogen-bond donors (Lipinski definition) is 2. The predicted octanol–water partition coefficient (Wildman–Crippen LogP) is 2.95. The summed E-state index contributed by atoms with van der Waals surface area (Å²) in [5, 5.41) is 2.87. The van der Waals surface area contributed by atoms with E-state index in [1.165, 1.54) is 18.6 Å². The highest BCUT2D eigenvalue weighted by molar-refractivity contribution is 5.94. The Hall–Kier alpha value is -1.13. The molecule has 0 aliphatic heterocycles. The number of carbonyl (C=O) groups is 1. The monoisotopic (exact) mass is 300 g/mol. The van der Waals surface area contributed by atoms with Gasteiger partial charge in [-0.25, -0.2) is 4.39 Å². The van der Waals surface area contributed by atoms with Crippen LogP contribution in [0.4, 0.5) is 4.39 Å². The van der Waals surface area contributed by atoms with Gasteiger partial charge < -0.3 is 11.1 Å². The van der Waals surface area contributed by atoms with Gasteiger partial charge in [0.15, 0.2) is 0 Å². The number of nitrogens with one attached hydrogen (secondary N) is 1. The topological polar surface area (TPSA) is 55.1 Å². The number of rotatable bonds is 3. The lowest BCUT2D eigenvalue weighted by molar-refractivity contribution is 0.0937. The van der Waals surface area contributed by atoms with Crippen molar-refractivity contribution in [3.05, 3.63) is 35.1 Å². The van der Waals surface area contributed by atoms with E-state index in [1.54, 1.807) is 13.0 Å². The summed E-state index contributed by atoms with van der Waals surface area (Å²) in [4.78, 5) is 12.0. The van der Waals surface area contributed by atoms with Gasteiger partial charge >= 0.3 is 0 Å². The minimum absolute atomic E-state index is 0. The van der Waals surface area contributed by atoms with Crippen LogP contribution in [0.3, 0.4) is 0 Å². The van der Waals surface area contributed by atoms with Crippen molar-refractivity contribution in [1.82, 2.24) is 5.32 Å². The molecule has 5 heteroatoms. The van der Waals surface area contributed by atoms with Gasteiger partial charge in [0.25, 0.3) is 5.91 Å². The Morgan fingerprint density at radius 1 is 1.35 bits per heavy atom. The molecule has 0 heterocycles. The molecule has 1 aliphatic carbocycles. The van der Waals surface area contributed by atoms with Crippen LogP contribution in [-0.2, 0) is 0 Å². The van der Waals surface area contributed by atoms with E-state index in [0.717, 1.165) is 25.7 Å². The van der Waals surface area contributed by atoms with Gasteiger partial charge in [0.05, 0.1) is 0 Å². The molecule has 20 heavy (non-hydrogen) atoms. The van der Waals surface area contributed by atoms with Gasteiger partial charge in [0, 0.05) is 17.6 Å². The number of halogens is 2. The third-order valence-electron chi connectivity index (χ3n) is 3.87. The zero-order valence-electron chi connectivity index (χ0n) is 11.7. The maximum Gasteiger partial charge on any atom is 0.251 e. The lowest BCUT2D eigenvalue weighted by Crippen LogP contribution is -2.51. The van der Waals surface area contributed by atoms with Crippen LogP contribution in [-0.4, -0.2) is 18.0 Å². The molecule has 1 aliphatic rings. The van der Waals surface area contributed by atoms with Gasteiger partial charge in [-0.1, -0.05) is 19.3 Å². The Balaban J connectivity index is 0.00000200. The van der Waals surface area contributed by atoms with E-state index in [0.29, 0.717) is 17.7 Å². The number of amides is 1. The lowest BCUT2D eigenvalue weighted by atomic mass is 9.82. The van der Waals surface area contributed by atoms with Crippen molar-refractivity contribution in [1.29, 1.82) is 0 Å². The van der Waals surface area contributed by atoms with Crippen molar-refractivity contribution >= 4 is 18.3 Å². The Morgan fingerprint density at radius 3 is 2.60 bits per heavy atom. The Bertz CT molecular complexity index is 473.